The van der Waals surface area contributed by atoms with Gasteiger partial charge in [-0.2, -0.15) is 0 Å². The van der Waals surface area contributed by atoms with Gasteiger partial charge in [-0.1, -0.05) is 0 Å². The van der Waals surface area contributed by atoms with Crippen LogP contribution >= 0.6 is 24.0 Å². The van der Waals surface area contributed by atoms with Crippen LogP contribution in [0.5, 0.6) is 0 Å². The molecule has 2 saturated heterocycles. The van der Waals surface area contributed by atoms with Gasteiger partial charge in [0.05, 0.1) is 24.9 Å². The summed E-state index contributed by atoms with van der Waals surface area (Å²) >= 11 is 0. The SMILES string of the molecule is CCNC(=NCCS(=O)(=O)NCC1CCCCO1)NC1CCN(CC(=O)NC)CC1.I. The Morgan fingerprint density at radius 2 is 1.94 bits per heavy atom. The normalized spacial score (nSPS) is 21.2. The average Bonchev–Trinajstić information content (AvgIpc) is 2.74. The first-order valence-corrected chi connectivity index (χ1v) is 12.6. The summed E-state index contributed by atoms with van der Waals surface area (Å²) in [6, 6.07) is 0.252. The molecule has 2 fully saturated rings. The number of likely N-dealkylation sites (N-methyl/N-ethyl adjacent to an activating group) is 1. The van der Waals surface area contributed by atoms with Crippen LogP contribution in [0, 0.1) is 0 Å². The number of sulfonamides is 1. The summed E-state index contributed by atoms with van der Waals surface area (Å²) in [4.78, 5) is 18.1. The second-order valence-corrected chi connectivity index (χ2v) is 9.71. The number of hydrogen-bond acceptors (Lipinski definition) is 6. The highest BCUT2D eigenvalue weighted by molar-refractivity contribution is 14.0. The highest BCUT2D eigenvalue weighted by Crippen LogP contribution is 2.12. The number of halogens is 1. The van der Waals surface area contributed by atoms with Crippen molar-refractivity contribution in [3.63, 3.8) is 0 Å². The molecule has 0 aromatic heterocycles. The van der Waals surface area contributed by atoms with Gasteiger partial charge in [-0.3, -0.25) is 14.7 Å². The summed E-state index contributed by atoms with van der Waals surface area (Å²) in [5.74, 6) is 0.607. The molecule has 182 valence electrons. The number of carbonyl (C=O) groups is 1. The van der Waals surface area contributed by atoms with Crippen molar-refractivity contribution in [2.24, 2.45) is 4.99 Å². The molecule has 1 atom stereocenters. The molecule has 0 aliphatic carbocycles. The Kier molecular flexibility index (Phi) is 13.9. The average molecular weight is 575 g/mol. The fraction of sp³-hybridized carbons (Fsp3) is 0.895. The maximum atomic E-state index is 12.2. The number of rotatable bonds is 10. The van der Waals surface area contributed by atoms with E-state index in [1.807, 2.05) is 6.92 Å². The van der Waals surface area contributed by atoms with Crippen LogP contribution in [-0.4, -0.2) is 96.0 Å². The van der Waals surface area contributed by atoms with Crippen molar-refractivity contribution in [3.8, 4) is 0 Å². The zero-order valence-corrected chi connectivity index (χ0v) is 21.8. The lowest BCUT2D eigenvalue weighted by Crippen LogP contribution is -2.50. The van der Waals surface area contributed by atoms with E-state index in [1.54, 1.807) is 7.05 Å². The smallest absolute Gasteiger partial charge is 0.233 e. The lowest BCUT2D eigenvalue weighted by Gasteiger charge is -2.32. The van der Waals surface area contributed by atoms with Crippen LogP contribution in [0.1, 0.15) is 39.0 Å². The molecule has 0 spiro atoms. The van der Waals surface area contributed by atoms with E-state index < -0.39 is 10.0 Å². The minimum absolute atomic E-state index is 0. The Balaban J connectivity index is 0.00000480. The van der Waals surface area contributed by atoms with Crippen LogP contribution < -0.4 is 20.7 Å². The van der Waals surface area contributed by atoms with E-state index in [-0.39, 0.29) is 54.3 Å². The fourth-order valence-corrected chi connectivity index (χ4v) is 4.48. The second-order valence-electron chi connectivity index (χ2n) is 7.78. The molecule has 0 saturated carbocycles. The predicted octanol–water partition coefficient (Wildman–Crippen LogP) is -0.142. The number of nitrogens with one attached hydrogen (secondary N) is 4. The lowest BCUT2D eigenvalue weighted by atomic mass is 10.1. The molecule has 1 unspecified atom stereocenters. The molecule has 0 radical (unpaired) electrons. The third-order valence-corrected chi connectivity index (χ3v) is 6.68. The van der Waals surface area contributed by atoms with Gasteiger partial charge >= 0.3 is 0 Å². The van der Waals surface area contributed by atoms with E-state index in [2.05, 4.69) is 30.6 Å². The van der Waals surface area contributed by atoms with E-state index in [0.717, 1.165) is 45.2 Å². The van der Waals surface area contributed by atoms with Gasteiger partial charge in [0.25, 0.3) is 0 Å². The number of ether oxygens (including phenoxy) is 1. The van der Waals surface area contributed by atoms with Crippen molar-refractivity contribution in [2.45, 2.75) is 51.2 Å². The lowest BCUT2D eigenvalue weighted by molar-refractivity contribution is -0.122. The Morgan fingerprint density at radius 1 is 1.19 bits per heavy atom. The van der Waals surface area contributed by atoms with Gasteiger partial charge in [0.15, 0.2) is 5.96 Å². The summed E-state index contributed by atoms with van der Waals surface area (Å²) in [6.45, 7) is 6.01. The zero-order chi connectivity index (χ0) is 21.8. The number of carbonyl (C=O) groups excluding carboxylic acids is 1. The van der Waals surface area contributed by atoms with Crippen LogP contribution in [-0.2, 0) is 19.6 Å². The van der Waals surface area contributed by atoms with E-state index in [4.69, 9.17) is 4.74 Å². The molecule has 0 aromatic rings. The minimum Gasteiger partial charge on any atom is -0.377 e. The van der Waals surface area contributed by atoms with Crippen LogP contribution in [0.25, 0.3) is 0 Å². The molecule has 1 amide bonds. The maximum absolute atomic E-state index is 12.2. The molecule has 2 aliphatic heterocycles. The molecule has 10 nitrogen and oxygen atoms in total. The van der Waals surface area contributed by atoms with Crippen molar-refractivity contribution < 1.29 is 17.9 Å². The molecule has 0 bridgehead atoms. The van der Waals surface area contributed by atoms with Gasteiger partial charge in [-0.05, 0) is 39.0 Å². The first-order valence-electron chi connectivity index (χ1n) is 11.0. The van der Waals surface area contributed by atoms with Gasteiger partial charge in [0.2, 0.25) is 15.9 Å². The highest BCUT2D eigenvalue weighted by atomic mass is 127. The minimum atomic E-state index is -3.38. The van der Waals surface area contributed by atoms with Crippen molar-refractivity contribution in [1.82, 2.24) is 25.6 Å². The summed E-state index contributed by atoms with van der Waals surface area (Å²) < 4.78 is 32.7. The summed E-state index contributed by atoms with van der Waals surface area (Å²) in [5, 5.41) is 9.22. The third-order valence-electron chi connectivity index (χ3n) is 5.35. The molecule has 12 heteroatoms. The van der Waals surface area contributed by atoms with Crippen LogP contribution in [0.3, 0.4) is 0 Å². The molecule has 2 aliphatic rings. The van der Waals surface area contributed by atoms with E-state index in [0.29, 0.717) is 32.2 Å². The number of nitrogens with zero attached hydrogens (tertiary/aromatic N) is 2. The van der Waals surface area contributed by atoms with Gasteiger partial charge in [0, 0.05) is 45.9 Å². The van der Waals surface area contributed by atoms with Gasteiger partial charge in [0.1, 0.15) is 0 Å². The monoisotopic (exact) mass is 574 g/mol. The van der Waals surface area contributed by atoms with Crippen molar-refractivity contribution in [3.05, 3.63) is 0 Å². The Morgan fingerprint density at radius 3 is 2.55 bits per heavy atom. The number of hydrogen-bond donors (Lipinski definition) is 4. The molecule has 0 aromatic carbocycles. The topological polar surface area (TPSA) is 124 Å². The van der Waals surface area contributed by atoms with Gasteiger partial charge in [-0.25, -0.2) is 13.1 Å². The Bertz CT molecular complexity index is 650. The van der Waals surface area contributed by atoms with Crippen molar-refractivity contribution in [1.29, 1.82) is 0 Å². The quantitative estimate of drug-likeness (QED) is 0.163. The second kappa shape index (κ2) is 15.2. The van der Waals surface area contributed by atoms with Crippen LogP contribution in [0.15, 0.2) is 4.99 Å². The van der Waals surface area contributed by atoms with E-state index in [1.165, 1.54) is 0 Å². The molecular weight excluding hydrogens is 535 g/mol. The zero-order valence-electron chi connectivity index (χ0n) is 18.7. The van der Waals surface area contributed by atoms with Gasteiger partial charge < -0.3 is 20.7 Å². The van der Waals surface area contributed by atoms with Crippen LogP contribution in [0.2, 0.25) is 0 Å². The van der Waals surface area contributed by atoms with E-state index in [9.17, 15) is 13.2 Å². The molecule has 31 heavy (non-hydrogen) atoms. The van der Waals surface area contributed by atoms with E-state index >= 15 is 0 Å². The van der Waals surface area contributed by atoms with Crippen molar-refractivity contribution >= 4 is 45.9 Å². The summed E-state index contributed by atoms with van der Waals surface area (Å²) in [6.07, 6.45) is 4.82. The first-order chi connectivity index (χ1) is 14.4. The Hall–Kier alpha value is -0.700. The number of piperidine rings is 1. The third kappa shape index (κ3) is 11.6. The molecule has 2 heterocycles. The number of amides is 1. The number of likely N-dealkylation sites (tertiary alicyclic amines) is 1. The van der Waals surface area contributed by atoms with Crippen LogP contribution in [0.4, 0.5) is 0 Å². The predicted molar refractivity (Wildman–Crippen MR) is 133 cm³/mol. The fourth-order valence-electron chi connectivity index (χ4n) is 3.57. The Labute approximate surface area is 203 Å². The molecular formula is C19H39IN6O4S. The summed E-state index contributed by atoms with van der Waals surface area (Å²) in [5.41, 5.74) is 0. The highest BCUT2D eigenvalue weighted by Gasteiger charge is 2.21. The first kappa shape index (κ1) is 28.3. The molecule has 4 N–H and O–H groups in total. The number of aliphatic imine (C=N–C) groups is 1. The maximum Gasteiger partial charge on any atom is 0.233 e. The molecule has 2 rings (SSSR count). The number of guanidine groups is 1. The van der Waals surface area contributed by atoms with Gasteiger partial charge in [-0.15, -0.1) is 24.0 Å². The largest absolute Gasteiger partial charge is 0.377 e. The summed E-state index contributed by atoms with van der Waals surface area (Å²) in [7, 11) is -1.74. The van der Waals surface area contributed by atoms with Crippen molar-refractivity contribution in [2.75, 3.05) is 58.7 Å². The standard InChI is InChI=1S/C19H38N6O4S.HI/c1-3-21-19(24-16-7-10-25(11-8-16)15-18(26)20-2)22-9-13-30(27,28)23-14-17-6-4-5-12-29-17;/h16-17,23H,3-15H2,1-2H3,(H,20,26)(H2,21,22,24);1H.